The second-order valence-corrected chi connectivity index (χ2v) is 8.00. The molecule has 1 aromatic carbocycles. The van der Waals surface area contributed by atoms with Crippen molar-refractivity contribution in [3.63, 3.8) is 0 Å². The average molecular weight is 353 g/mol. The summed E-state index contributed by atoms with van der Waals surface area (Å²) in [6, 6.07) is 2.88. The lowest BCUT2D eigenvalue weighted by Gasteiger charge is -2.42. The van der Waals surface area contributed by atoms with Crippen LogP contribution in [0.15, 0.2) is 24.3 Å². The Labute approximate surface area is 149 Å². The van der Waals surface area contributed by atoms with Gasteiger partial charge in [-0.3, -0.25) is 0 Å². The van der Waals surface area contributed by atoms with Crippen molar-refractivity contribution >= 4 is 11.6 Å². The summed E-state index contributed by atoms with van der Waals surface area (Å²) in [7, 11) is 0. The minimum Gasteiger partial charge on any atom is -0.205 e. The Balaban J connectivity index is 1.62. The van der Waals surface area contributed by atoms with E-state index in [1.165, 1.54) is 50.7 Å². The molecule has 2 saturated carbocycles. The first kappa shape index (κ1) is 17.9. The van der Waals surface area contributed by atoms with E-state index in [1.807, 2.05) is 0 Å². The van der Waals surface area contributed by atoms with Crippen molar-refractivity contribution in [2.45, 2.75) is 64.2 Å². The quantitative estimate of drug-likeness (QED) is 0.394. The number of fused-ring (bicyclic) bond motifs is 1. The fraction of sp³-hybridized carbons (Fsp3) is 0.619. The highest BCUT2D eigenvalue weighted by atomic mass is 35.5. The number of unbranched alkanes of at least 4 members (excludes halogenated alkanes) is 1. The fourth-order valence-corrected chi connectivity index (χ4v) is 4.78. The van der Waals surface area contributed by atoms with Crippen molar-refractivity contribution in [2.24, 2.45) is 17.8 Å². The number of allylic oxidation sites excluding steroid dienone is 2. The van der Waals surface area contributed by atoms with Crippen molar-refractivity contribution in [3.8, 4) is 0 Å². The van der Waals surface area contributed by atoms with Crippen LogP contribution in [-0.4, -0.2) is 0 Å². The maximum Gasteiger partial charge on any atom is 0.145 e. The third-order valence-corrected chi connectivity index (χ3v) is 6.36. The Hall–Kier alpha value is -0.890. The van der Waals surface area contributed by atoms with Crippen LogP contribution < -0.4 is 0 Å². The molecule has 0 saturated heterocycles. The van der Waals surface area contributed by atoms with Crippen LogP contribution >= 0.6 is 11.6 Å². The third kappa shape index (κ3) is 4.02. The van der Waals surface area contributed by atoms with E-state index >= 15 is 0 Å². The first-order chi connectivity index (χ1) is 11.6. The highest BCUT2D eigenvalue weighted by Gasteiger charge is 2.35. The van der Waals surface area contributed by atoms with E-state index in [-0.39, 0.29) is 10.9 Å². The molecule has 24 heavy (non-hydrogen) atoms. The minimum absolute atomic E-state index is 0.278. The SMILES string of the molecule is CCCC=CC1CC[C@H]2CC(c3cc(F)c(Cl)c(F)c3)CC[C@@H]2C1. The Morgan fingerprint density at radius 3 is 2.42 bits per heavy atom. The number of hydrogen-bond acceptors (Lipinski definition) is 0. The van der Waals surface area contributed by atoms with Crippen molar-refractivity contribution in [1.29, 1.82) is 0 Å². The summed E-state index contributed by atoms with van der Waals surface area (Å²) in [4.78, 5) is 0. The van der Waals surface area contributed by atoms with Crippen molar-refractivity contribution < 1.29 is 8.78 Å². The molecule has 2 aliphatic carbocycles. The van der Waals surface area contributed by atoms with Gasteiger partial charge in [-0.1, -0.05) is 37.1 Å². The number of benzene rings is 1. The van der Waals surface area contributed by atoms with Gasteiger partial charge in [-0.05, 0) is 86.3 Å². The topological polar surface area (TPSA) is 0 Å². The van der Waals surface area contributed by atoms with Gasteiger partial charge in [-0.2, -0.15) is 0 Å². The van der Waals surface area contributed by atoms with Crippen LogP contribution in [0.2, 0.25) is 5.02 Å². The Morgan fingerprint density at radius 1 is 1.04 bits per heavy atom. The minimum atomic E-state index is -0.626. The van der Waals surface area contributed by atoms with E-state index < -0.39 is 11.6 Å². The Kier molecular flexibility index (Phi) is 5.97. The van der Waals surface area contributed by atoms with Crippen LogP contribution in [-0.2, 0) is 0 Å². The van der Waals surface area contributed by atoms with Crippen molar-refractivity contribution in [2.75, 3.05) is 0 Å². The standard InChI is InChI=1S/C21H27ClF2/c1-2-3-4-5-14-6-7-16-11-17(9-8-15(16)10-14)18-12-19(23)21(22)20(24)13-18/h4-5,12-17H,2-3,6-11H2,1H3/t14?,15-,16+,17?/m1/s1. The lowest BCUT2D eigenvalue weighted by molar-refractivity contribution is 0.133. The summed E-state index contributed by atoms with van der Waals surface area (Å²) in [6.45, 7) is 2.21. The summed E-state index contributed by atoms with van der Waals surface area (Å²) in [5.41, 5.74) is 0.790. The van der Waals surface area contributed by atoms with Gasteiger partial charge in [0.25, 0.3) is 0 Å². The van der Waals surface area contributed by atoms with E-state index in [2.05, 4.69) is 19.1 Å². The molecule has 2 unspecified atom stereocenters. The highest BCUT2D eigenvalue weighted by Crippen LogP contribution is 2.48. The van der Waals surface area contributed by atoms with E-state index in [0.29, 0.717) is 5.92 Å². The molecule has 0 aliphatic heterocycles. The third-order valence-electron chi connectivity index (χ3n) is 5.99. The summed E-state index contributed by atoms with van der Waals surface area (Å²) in [5, 5.41) is -0.383. The van der Waals surface area contributed by atoms with Gasteiger partial charge in [0.05, 0.1) is 0 Å². The summed E-state index contributed by atoms with van der Waals surface area (Å²) in [6.07, 6.45) is 14.2. The zero-order valence-corrected chi connectivity index (χ0v) is 15.2. The molecule has 132 valence electrons. The molecule has 0 heterocycles. The zero-order valence-electron chi connectivity index (χ0n) is 14.4. The molecule has 3 rings (SSSR count). The maximum atomic E-state index is 13.7. The van der Waals surface area contributed by atoms with Crippen LogP contribution in [0.5, 0.6) is 0 Å². The van der Waals surface area contributed by atoms with Gasteiger partial charge in [0.2, 0.25) is 0 Å². The van der Waals surface area contributed by atoms with Gasteiger partial charge in [-0.25, -0.2) is 8.78 Å². The second kappa shape index (κ2) is 7.99. The molecule has 0 nitrogen and oxygen atoms in total. The van der Waals surface area contributed by atoms with E-state index in [4.69, 9.17) is 11.6 Å². The molecule has 3 heteroatoms. The molecule has 0 aromatic heterocycles. The predicted molar refractivity (Wildman–Crippen MR) is 96.3 cm³/mol. The molecule has 4 atom stereocenters. The van der Waals surface area contributed by atoms with Crippen molar-refractivity contribution in [3.05, 3.63) is 46.5 Å². The molecular formula is C21H27ClF2. The average Bonchev–Trinajstić information content (AvgIpc) is 2.59. The second-order valence-electron chi connectivity index (χ2n) is 7.62. The first-order valence-corrected chi connectivity index (χ1v) is 9.77. The number of halogens is 3. The maximum absolute atomic E-state index is 13.7. The lowest BCUT2D eigenvalue weighted by Crippen LogP contribution is -2.30. The largest absolute Gasteiger partial charge is 0.205 e. The Morgan fingerprint density at radius 2 is 1.71 bits per heavy atom. The summed E-state index contributed by atoms with van der Waals surface area (Å²) in [5.74, 6) is 1.26. The van der Waals surface area contributed by atoms with Crippen LogP contribution in [0.4, 0.5) is 8.78 Å². The van der Waals surface area contributed by atoms with Gasteiger partial charge in [0, 0.05) is 0 Å². The zero-order chi connectivity index (χ0) is 17.1. The van der Waals surface area contributed by atoms with E-state index in [0.717, 1.165) is 30.2 Å². The van der Waals surface area contributed by atoms with Crippen LogP contribution in [0, 0.1) is 29.4 Å². The van der Waals surface area contributed by atoms with Crippen molar-refractivity contribution in [1.82, 2.24) is 0 Å². The summed E-state index contributed by atoms with van der Waals surface area (Å²) >= 11 is 5.61. The lowest BCUT2D eigenvalue weighted by atomic mass is 9.64. The first-order valence-electron chi connectivity index (χ1n) is 9.39. The molecule has 0 bridgehead atoms. The van der Waals surface area contributed by atoms with Crippen LogP contribution in [0.1, 0.15) is 69.8 Å². The molecular weight excluding hydrogens is 326 g/mol. The number of rotatable bonds is 4. The molecule has 2 aliphatic rings. The van der Waals surface area contributed by atoms with E-state index in [1.54, 1.807) is 0 Å². The predicted octanol–water partition coefficient (Wildman–Crippen LogP) is 7.27. The van der Waals surface area contributed by atoms with Gasteiger partial charge in [-0.15, -0.1) is 0 Å². The molecule has 2 fully saturated rings. The summed E-state index contributed by atoms with van der Waals surface area (Å²) < 4.78 is 27.5. The molecule has 0 N–H and O–H groups in total. The molecule has 0 amide bonds. The van der Waals surface area contributed by atoms with Gasteiger partial charge in [0.15, 0.2) is 0 Å². The molecule has 0 radical (unpaired) electrons. The monoisotopic (exact) mass is 352 g/mol. The molecule has 1 aromatic rings. The smallest absolute Gasteiger partial charge is 0.145 e. The highest BCUT2D eigenvalue weighted by molar-refractivity contribution is 6.30. The van der Waals surface area contributed by atoms with Crippen LogP contribution in [0.3, 0.4) is 0 Å². The fourth-order valence-electron chi connectivity index (χ4n) is 4.67. The normalized spacial score (nSPS) is 30.5. The van der Waals surface area contributed by atoms with Gasteiger partial charge in [0.1, 0.15) is 16.7 Å². The Bertz CT molecular complexity index is 572. The molecule has 0 spiro atoms. The van der Waals surface area contributed by atoms with Gasteiger partial charge < -0.3 is 0 Å². The van der Waals surface area contributed by atoms with Crippen LogP contribution in [0.25, 0.3) is 0 Å². The van der Waals surface area contributed by atoms with E-state index in [9.17, 15) is 8.78 Å². The number of hydrogen-bond donors (Lipinski definition) is 0. The van der Waals surface area contributed by atoms with Gasteiger partial charge >= 0.3 is 0 Å².